The van der Waals surface area contributed by atoms with E-state index >= 15 is 0 Å². The lowest BCUT2D eigenvalue weighted by Crippen LogP contribution is -2.43. The van der Waals surface area contributed by atoms with E-state index in [1.165, 1.54) is 18.4 Å². The standard InChI is InChI=1S/C16H16FN5O/c17-11-3-6-22(23)15(9-11)16-13-10-12(1-2-14(13)19-20-16)21-7-4-18-5-8-21/h1-3,6,9-10,18,23H,4-5,7-8H2/b16-15+. The first kappa shape index (κ1) is 14.1. The first-order valence-electron chi connectivity index (χ1n) is 7.52. The number of hydrogen-bond donors (Lipinski definition) is 2. The summed E-state index contributed by atoms with van der Waals surface area (Å²) in [4.78, 5) is 2.28. The van der Waals surface area contributed by atoms with Gasteiger partial charge in [-0.1, -0.05) is 0 Å². The predicted molar refractivity (Wildman–Crippen MR) is 84.9 cm³/mol. The summed E-state index contributed by atoms with van der Waals surface area (Å²) in [6.07, 6.45) is 3.69. The van der Waals surface area contributed by atoms with Crippen molar-refractivity contribution in [1.82, 2.24) is 10.4 Å². The highest BCUT2D eigenvalue weighted by atomic mass is 19.1. The van der Waals surface area contributed by atoms with Crippen LogP contribution in [0.25, 0.3) is 5.70 Å². The van der Waals surface area contributed by atoms with Crippen molar-refractivity contribution >= 4 is 17.1 Å². The maximum Gasteiger partial charge on any atom is 0.127 e. The topological polar surface area (TPSA) is 63.5 Å². The average molecular weight is 313 g/mol. The molecule has 0 aliphatic carbocycles. The number of halogens is 1. The molecule has 0 radical (unpaired) electrons. The first-order chi connectivity index (χ1) is 11.2. The van der Waals surface area contributed by atoms with Gasteiger partial charge in [0.15, 0.2) is 0 Å². The Kier molecular flexibility index (Phi) is 3.44. The van der Waals surface area contributed by atoms with Gasteiger partial charge in [0.25, 0.3) is 0 Å². The van der Waals surface area contributed by atoms with Crippen LogP contribution in [0.3, 0.4) is 0 Å². The molecular weight excluding hydrogens is 297 g/mol. The van der Waals surface area contributed by atoms with Crippen LogP contribution in [0.4, 0.5) is 15.8 Å². The second kappa shape index (κ2) is 5.60. The number of anilines is 1. The van der Waals surface area contributed by atoms with Crippen molar-refractivity contribution in [3.63, 3.8) is 0 Å². The lowest BCUT2D eigenvalue weighted by molar-refractivity contribution is -0.000413. The minimum Gasteiger partial charge on any atom is -0.369 e. The molecule has 1 aromatic carbocycles. The van der Waals surface area contributed by atoms with Gasteiger partial charge in [-0.15, -0.1) is 10.2 Å². The van der Waals surface area contributed by atoms with E-state index in [0.717, 1.165) is 48.2 Å². The van der Waals surface area contributed by atoms with Crippen LogP contribution in [0.15, 0.2) is 58.3 Å². The Morgan fingerprint density at radius 3 is 2.83 bits per heavy atom. The summed E-state index contributed by atoms with van der Waals surface area (Å²) in [7, 11) is 0. The molecule has 0 saturated carbocycles. The minimum atomic E-state index is -0.431. The number of hydroxylamine groups is 2. The summed E-state index contributed by atoms with van der Waals surface area (Å²) in [6, 6.07) is 5.93. The Morgan fingerprint density at radius 2 is 2.00 bits per heavy atom. The summed E-state index contributed by atoms with van der Waals surface area (Å²) >= 11 is 0. The van der Waals surface area contributed by atoms with Crippen LogP contribution in [0, 0.1) is 0 Å². The average Bonchev–Trinajstić information content (AvgIpc) is 3.01. The fourth-order valence-electron chi connectivity index (χ4n) is 2.91. The molecule has 1 aromatic rings. The number of nitrogens with zero attached hydrogens (tertiary/aromatic N) is 4. The van der Waals surface area contributed by atoms with Gasteiger partial charge in [0, 0.05) is 49.7 Å². The Balaban J connectivity index is 1.75. The normalized spacial score (nSPS) is 23.3. The molecular formula is C16H16FN5O. The number of fused-ring (bicyclic) bond motifs is 1. The lowest BCUT2D eigenvalue weighted by atomic mass is 10.1. The van der Waals surface area contributed by atoms with Crippen molar-refractivity contribution in [1.29, 1.82) is 0 Å². The second-order valence-electron chi connectivity index (χ2n) is 5.56. The Morgan fingerprint density at radius 1 is 1.17 bits per heavy atom. The highest BCUT2D eigenvalue weighted by molar-refractivity contribution is 5.82. The predicted octanol–water partition coefficient (Wildman–Crippen LogP) is 2.93. The van der Waals surface area contributed by atoms with E-state index in [0.29, 0.717) is 5.70 Å². The summed E-state index contributed by atoms with van der Waals surface area (Å²) in [5, 5.41) is 22.4. The van der Waals surface area contributed by atoms with E-state index in [4.69, 9.17) is 0 Å². The third-order valence-corrected chi connectivity index (χ3v) is 4.11. The van der Waals surface area contributed by atoms with Gasteiger partial charge in [0.05, 0.1) is 11.4 Å². The van der Waals surface area contributed by atoms with E-state index in [9.17, 15) is 9.60 Å². The summed E-state index contributed by atoms with van der Waals surface area (Å²) in [5.74, 6) is -0.431. The molecule has 6 nitrogen and oxygen atoms in total. The fraction of sp³-hybridized carbons (Fsp3) is 0.250. The molecule has 0 unspecified atom stereocenters. The van der Waals surface area contributed by atoms with Crippen LogP contribution < -0.4 is 10.2 Å². The van der Waals surface area contributed by atoms with Crippen LogP contribution in [-0.2, 0) is 0 Å². The monoisotopic (exact) mass is 313 g/mol. The molecule has 23 heavy (non-hydrogen) atoms. The number of benzene rings is 1. The number of nitrogens with one attached hydrogen (secondary N) is 1. The fourth-order valence-corrected chi connectivity index (χ4v) is 2.91. The minimum absolute atomic E-state index is 0.282. The molecule has 4 rings (SSSR count). The third-order valence-electron chi connectivity index (χ3n) is 4.11. The molecule has 3 aliphatic rings. The molecule has 0 amide bonds. The first-order valence-corrected chi connectivity index (χ1v) is 7.52. The Labute approximate surface area is 132 Å². The van der Waals surface area contributed by atoms with Crippen molar-refractivity contribution in [2.75, 3.05) is 31.1 Å². The van der Waals surface area contributed by atoms with Crippen LogP contribution >= 0.6 is 0 Å². The molecule has 3 heterocycles. The Hall–Kier alpha value is -2.51. The highest BCUT2D eigenvalue weighted by Gasteiger charge is 2.23. The molecule has 0 aromatic heterocycles. The van der Waals surface area contributed by atoms with Gasteiger partial charge in [-0.2, -0.15) is 0 Å². The summed E-state index contributed by atoms with van der Waals surface area (Å²) in [5.41, 5.74) is 3.36. The molecule has 2 N–H and O–H groups in total. The molecule has 1 saturated heterocycles. The SMILES string of the molecule is ON1C=CC(F)=C/C1=C1\N=Nc2ccc(N3CCNCC3)cc21. The number of azo groups is 1. The maximum absolute atomic E-state index is 13.5. The second-order valence-corrected chi connectivity index (χ2v) is 5.56. The number of hydrogen-bond acceptors (Lipinski definition) is 6. The van der Waals surface area contributed by atoms with Crippen LogP contribution in [0.5, 0.6) is 0 Å². The number of allylic oxidation sites excluding steroid dienone is 3. The highest BCUT2D eigenvalue weighted by Crippen LogP contribution is 2.40. The molecule has 0 atom stereocenters. The lowest BCUT2D eigenvalue weighted by Gasteiger charge is -2.29. The molecule has 7 heteroatoms. The van der Waals surface area contributed by atoms with Gasteiger partial charge >= 0.3 is 0 Å². The third kappa shape index (κ3) is 2.54. The molecule has 3 aliphatic heterocycles. The van der Waals surface area contributed by atoms with Crippen molar-refractivity contribution < 1.29 is 9.60 Å². The van der Waals surface area contributed by atoms with Crippen LogP contribution in [0.1, 0.15) is 5.56 Å². The molecule has 1 fully saturated rings. The quantitative estimate of drug-likeness (QED) is 0.837. The largest absolute Gasteiger partial charge is 0.369 e. The van der Waals surface area contributed by atoms with Gasteiger partial charge in [0.2, 0.25) is 0 Å². The van der Waals surface area contributed by atoms with E-state index in [2.05, 4.69) is 20.4 Å². The van der Waals surface area contributed by atoms with Gasteiger partial charge in [-0.3, -0.25) is 5.21 Å². The summed E-state index contributed by atoms with van der Waals surface area (Å²) < 4.78 is 13.5. The molecule has 0 spiro atoms. The van der Waals surface area contributed by atoms with E-state index < -0.39 is 5.83 Å². The van der Waals surface area contributed by atoms with E-state index in [-0.39, 0.29) is 5.70 Å². The van der Waals surface area contributed by atoms with E-state index in [1.54, 1.807) is 0 Å². The van der Waals surface area contributed by atoms with E-state index in [1.807, 2.05) is 18.2 Å². The zero-order chi connectivity index (χ0) is 15.8. The van der Waals surface area contributed by atoms with Crippen molar-refractivity contribution in [2.24, 2.45) is 10.2 Å². The van der Waals surface area contributed by atoms with Crippen molar-refractivity contribution in [2.45, 2.75) is 0 Å². The van der Waals surface area contributed by atoms with Gasteiger partial charge in [-0.25, -0.2) is 9.45 Å². The van der Waals surface area contributed by atoms with Gasteiger partial charge in [-0.05, 0) is 24.3 Å². The molecule has 0 bridgehead atoms. The zero-order valence-corrected chi connectivity index (χ0v) is 12.4. The van der Waals surface area contributed by atoms with Crippen LogP contribution in [-0.4, -0.2) is 36.4 Å². The van der Waals surface area contributed by atoms with Crippen LogP contribution in [0.2, 0.25) is 0 Å². The van der Waals surface area contributed by atoms with Gasteiger partial charge in [0.1, 0.15) is 11.5 Å². The van der Waals surface area contributed by atoms with Gasteiger partial charge < -0.3 is 10.2 Å². The number of piperazine rings is 1. The number of rotatable bonds is 1. The smallest absolute Gasteiger partial charge is 0.127 e. The van der Waals surface area contributed by atoms with Crippen molar-refractivity contribution in [3.8, 4) is 0 Å². The van der Waals surface area contributed by atoms with Crippen molar-refractivity contribution in [3.05, 3.63) is 53.6 Å². The Bertz CT molecular complexity index is 762. The maximum atomic E-state index is 13.5. The zero-order valence-electron chi connectivity index (χ0n) is 12.4. The summed E-state index contributed by atoms with van der Waals surface area (Å²) in [6.45, 7) is 3.76. The molecule has 118 valence electrons.